The highest BCUT2D eigenvalue weighted by atomic mass is 14.3. The largest absolute Gasteiger partial charge is 0.0646 e. The number of hydrogen-bond acceptors (Lipinski definition) is 0. The summed E-state index contributed by atoms with van der Waals surface area (Å²) in [6, 6.07) is 16.2. The van der Waals surface area contributed by atoms with Gasteiger partial charge in [-0.3, -0.25) is 0 Å². The highest BCUT2D eigenvalue weighted by Gasteiger charge is 2.29. The average Bonchev–Trinajstić information content (AvgIpc) is 2.60. The highest BCUT2D eigenvalue weighted by Crippen LogP contribution is 2.43. The van der Waals surface area contributed by atoms with E-state index in [1.165, 1.54) is 27.8 Å². The second kappa shape index (κ2) is 7.22. The predicted octanol–water partition coefficient (Wildman–Crippen LogP) is 8.03. The molecule has 2 rings (SSSR count). The summed E-state index contributed by atoms with van der Waals surface area (Å²) in [5.41, 5.74) is 7.66. The summed E-state index contributed by atoms with van der Waals surface area (Å²) in [7, 11) is 0. The Balaban J connectivity index is 2.76. The van der Waals surface area contributed by atoms with Gasteiger partial charge in [-0.05, 0) is 56.9 Å². The van der Waals surface area contributed by atoms with Gasteiger partial charge in [0.2, 0.25) is 0 Å². The predicted molar refractivity (Wildman–Crippen MR) is 117 cm³/mol. The second-order valence-corrected chi connectivity index (χ2v) is 10.0. The van der Waals surface area contributed by atoms with Crippen LogP contribution in [0.1, 0.15) is 91.8 Å². The maximum absolute atomic E-state index is 2.37. The van der Waals surface area contributed by atoms with E-state index in [2.05, 4.69) is 105 Å². The molecule has 0 spiro atoms. The molecule has 26 heavy (non-hydrogen) atoms. The van der Waals surface area contributed by atoms with Crippen molar-refractivity contribution < 1.29 is 0 Å². The lowest BCUT2D eigenvalue weighted by Gasteiger charge is -2.33. The molecule has 2 aromatic rings. The minimum Gasteiger partial charge on any atom is -0.0646 e. The van der Waals surface area contributed by atoms with Gasteiger partial charge >= 0.3 is 0 Å². The first-order valence-electron chi connectivity index (χ1n) is 10.2. The molecular formula is C26H38. The van der Waals surface area contributed by atoms with Gasteiger partial charge in [0.1, 0.15) is 0 Å². The minimum atomic E-state index is 0.165. The summed E-state index contributed by atoms with van der Waals surface area (Å²) in [5, 5.41) is 0. The Labute approximate surface area is 162 Å². The SMILES string of the molecule is CCC(C)(C)c1cccc(C(C)(C)CC)c1-c1ccc(C(C)(C)C)cc1. The molecule has 2 aromatic carbocycles. The van der Waals surface area contributed by atoms with Crippen LogP contribution in [-0.4, -0.2) is 0 Å². The number of rotatable bonds is 5. The van der Waals surface area contributed by atoms with E-state index >= 15 is 0 Å². The Morgan fingerprint density at radius 3 is 1.38 bits per heavy atom. The Kier molecular flexibility index (Phi) is 5.76. The fraction of sp³-hybridized carbons (Fsp3) is 0.538. The topological polar surface area (TPSA) is 0 Å². The molecule has 0 radical (unpaired) electrons. The normalized spacial score (nSPS) is 13.1. The molecule has 0 heteroatoms. The lowest BCUT2D eigenvalue weighted by atomic mass is 9.71. The van der Waals surface area contributed by atoms with Gasteiger partial charge in [0, 0.05) is 0 Å². The first-order chi connectivity index (χ1) is 11.9. The fourth-order valence-corrected chi connectivity index (χ4v) is 3.51. The van der Waals surface area contributed by atoms with Crippen LogP contribution in [0.15, 0.2) is 42.5 Å². The smallest absolute Gasteiger partial charge is 0.00999 e. The van der Waals surface area contributed by atoms with Crippen molar-refractivity contribution in [3.63, 3.8) is 0 Å². The summed E-state index contributed by atoms with van der Waals surface area (Å²) in [4.78, 5) is 0. The molecule has 0 saturated heterocycles. The lowest BCUT2D eigenvalue weighted by molar-refractivity contribution is 0.491. The number of hydrogen-bond donors (Lipinski definition) is 0. The Hall–Kier alpha value is -1.56. The maximum atomic E-state index is 2.37. The number of benzene rings is 2. The van der Waals surface area contributed by atoms with E-state index in [0.717, 1.165) is 12.8 Å². The standard InChI is InChI=1S/C26H38/c1-10-25(6,7)21-13-12-14-22(26(8,9)11-2)23(21)19-15-17-20(18-16-19)24(3,4)5/h12-18H,10-11H2,1-9H3. The Morgan fingerprint density at radius 1 is 0.615 bits per heavy atom. The third-order valence-corrected chi connectivity index (χ3v) is 6.33. The van der Waals surface area contributed by atoms with Gasteiger partial charge in [-0.25, -0.2) is 0 Å². The van der Waals surface area contributed by atoms with E-state index < -0.39 is 0 Å². The summed E-state index contributed by atoms with van der Waals surface area (Å²) >= 11 is 0. The first-order valence-corrected chi connectivity index (χ1v) is 10.2. The van der Waals surface area contributed by atoms with E-state index in [9.17, 15) is 0 Å². The van der Waals surface area contributed by atoms with Gasteiger partial charge in [-0.1, -0.05) is 105 Å². The summed E-state index contributed by atoms with van der Waals surface area (Å²) in [6.45, 7) is 20.9. The molecule has 0 bridgehead atoms. The molecule has 0 unspecified atom stereocenters. The molecule has 0 atom stereocenters. The molecule has 0 N–H and O–H groups in total. The molecule has 0 heterocycles. The van der Waals surface area contributed by atoms with Crippen LogP contribution in [-0.2, 0) is 16.2 Å². The molecule has 0 fully saturated rings. The van der Waals surface area contributed by atoms with E-state index in [-0.39, 0.29) is 16.2 Å². The van der Waals surface area contributed by atoms with Crippen LogP contribution in [0.3, 0.4) is 0 Å². The van der Waals surface area contributed by atoms with Crippen molar-refractivity contribution in [2.45, 2.75) is 91.4 Å². The Bertz CT molecular complexity index is 702. The molecule has 0 aliphatic carbocycles. The van der Waals surface area contributed by atoms with Gasteiger partial charge in [0.25, 0.3) is 0 Å². The molecule has 0 saturated carbocycles. The van der Waals surface area contributed by atoms with Crippen molar-refractivity contribution >= 4 is 0 Å². The highest BCUT2D eigenvalue weighted by molar-refractivity contribution is 5.74. The minimum absolute atomic E-state index is 0.165. The van der Waals surface area contributed by atoms with E-state index in [0.29, 0.717) is 0 Å². The van der Waals surface area contributed by atoms with Crippen molar-refractivity contribution in [2.24, 2.45) is 0 Å². The molecular weight excluding hydrogens is 312 g/mol. The van der Waals surface area contributed by atoms with Gasteiger partial charge in [0.15, 0.2) is 0 Å². The van der Waals surface area contributed by atoms with Crippen molar-refractivity contribution in [1.82, 2.24) is 0 Å². The van der Waals surface area contributed by atoms with Crippen LogP contribution in [0, 0.1) is 0 Å². The lowest BCUT2D eigenvalue weighted by Crippen LogP contribution is -2.22. The molecule has 0 nitrogen and oxygen atoms in total. The van der Waals surface area contributed by atoms with Crippen LogP contribution < -0.4 is 0 Å². The summed E-state index contributed by atoms with van der Waals surface area (Å²) < 4.78 is 0. The zero-order valence-electron chi connectivity index (χ0n) is 18.5. The van der Waals surface area contributed by atoms with Crippen LogP contribution in [0.4, 0.5) is 0 Å². The third-order valence-electron chi connectivity index (χ3n) is 6.33. The quantitative estimate of drug-likeness (QED) is 0.512. The monoisotopic (exact) mass is 350 g/mol. The van der Waals surface area contributed by atoms with Crippen molar-refractivity contribution in [1.29, 1.82) is 0 Å². The van der Waals surface area contributed by atoms with Gasteiger partial charge in [0.05, 0.1) is 0 Å². The van der Waals surface area contributed by atoms with Crippen molar-refractivity contribution in [3.8, 4) is 11.1 Å². The molecule has 0 aromatic heterocycles. The van der Waals surface area contributed by atoms with Crippen LogP contribution in [0.25, 0.3) is 11.1 Å². The average molecular weight is 351 g/mol. The first kappa shape index (κ1) is 20.7. The van der Waals surface area contributed by atoms with Crippen molar-refractivity contribution in [3.05, 3.63) is 59.2 Å². The van der Waals surface area contributed by atoms with E-state index in [1.54, 1.807) is 0 Å². The van der Waals surface area contributed by atoms with Crippen LogP contribution >= 0.6 is 0 Å². The molecule has 0 aliphatic heterocycles. The van der Waals surface area contributed by atoms with Crippen LogP contribution in [0.5, 0.6) is 0 Å². The zero-order chi connectivity index (χ0) is 19.8. The van der Waals surface area contributed by atoms with Gasteiger partial charge < -0.3 is 0 Å². The third kappa shape index (κ3) is 4.05. The summed E-state index contributed by atoms with van der Waals surface area (Å²) in [6.07, 6.45) is 2.27. The Morgan fingerprint density at radius 2 is 1.04 bits per heavy atom. The molecule has 0 amide bonds. The molecule has 0 aliphatic rings. The van der Waals surface area contributed by atoms with Crippen molar-refractivity contribution in [2.75, 3.05) is 0 Å². The maximum Gasteiger partial charge on any atom is -0.00999 e. The summed E-state index contributed by atoms with van der Waals surface area (Å²) in [5.74, 6) is 0. The van der Waals surface area contributed by atoms with Crippen LogP contribution in [0.2, 0.25) is 0 Å². The van der Waals surface area contributed by atoms with Gasteiger partial charge in [-0.15, -0.1) is 0 Å². The fourth-order valence-electron chi connectivity index (χ4n) is 3.51. The van der Waals surface area contributed by atoms with E-state index in [1.807, 2.05) is 0 Å². The zero-order valence-corrected chi connectivity index (χ0v) is 18.5. The molecule has 142 valence electrons. The van der Waals surface area contributed by atoms with E-state index in [4.69, 9.17) is 0 Å². The van der Waals surface area contributed by atoms with Gasteiger partial charge in [-0.2, -0.15) is 0 Å². The second-order valence-electron chi connectivity index (χ2n) is 10.0.